The van der Waals surface area contributed by atoms with E-state index in [2.05, 4.69) is 6.07 Å². The molecule has 1 heterocycles. The Bertz CT molecular complexity index is 552. The van der Waals surface area contributed by atoms with Crippen LogP contribution in [0, 0.1) is 5.82 Å². The van der Waals surface area contributed by atoms with Crippen molar-refractivity contribution in [1.82, 2.24) is 0 Å². The quantitative estimate of drug-likeness (QED) is 0.817. The lowest BCUT2D eigenvalue weighted by Gasteiger charge is -2.10. The van der Waals surface area contributed by atoms with Gasteiger partial charge in [-0.2, -0.15) is 0 Å². The van der Waals surface area contributed by atoms with Crippen LogP contribution >= 0.6 is 11.3 Å². The number of rotatable bonds is 2. The molecular formula is C16H18FNS. The predicted molar refractivity (Wildman–Crippen MR) is 78.0 cm³/mol. The van der Waals surface area contributed by atoms with Crippen LogP contribution in [-0.2, 0) is 12.8 Å². The van der Waals surface area contributed by atoms with E-state index in [1.807, 2.05) is 6.07 Å². The minimum atomic E-state index is -0.335. The highest BCUT2D eigenvalue weighted by Crippen LogP contribution is 2.34. The Morgan fingerprint density at radius 3 is 2.74 bits per heavy atom. The summed E-state index contributed by atoms with van der Waals surface area (Å²) in [5.41, 5.74) is 8.27. The summed E-state index contributed by atoms with van der Waals surface area (Å²) < 4.78 is 13.8. The van der Waals surface area contributed by atoms with E-state index >= 15 is 0 Å². The van der Waals surface area contributed by atoms with Crippen LogP contribution in [0.15, 0.2) is 30.3 Å². The third-order valence-electron chi connectivity index (χ3n) is 3.81. The number of thiophene rings is 1. The van der Waals surface area contributed by atoms with Crippen LogP contribution in [0.25, 0.3) is 0 Å². The van der Waals surface area contributed by atoms with E-state index in [9.17, 15) is 4.39 Å². The monoisotopic (exact) mass is 275 g/mol. The fourth-order valence-corrected chi connectivity index (χ4v) is 4.00. The molecule has 0 radical (unpaired) electrons. The molecule has 1 aromatic carbocycles. The maximum absolute atomic E-state index is 13.8. The molecule has 0 aliphatic heterocycles. The Kier molecular flexibility index (Phi) is 3.67. The van der Waals surface area contributed by atoms with Crippen molar-refractivity contribution in [3.8, 4) is 0 Å². The summed E-state index contributed by atoms with van der Waals surface area (Å²) in [5.74, 6) is -0.210. The SMILES string of the molecule is NC(c1cc2c(s1)CCCCC2)c1ccccc1F. The van der Waals surface area contributed by atoms with E-state index in [-0.39, 0.29) is 11.9 Å². The lowest BCUT2D eigenvalue weighted by Crippen LogP contribution is -2.12. The van der Waals surface area contributed by atoms with Gasteiger partial charge < -0.3 is 5.73 Å². The number of fused-ring (bicyclic) bond motifs is 1. The molecule has 1 atom stereocenters. The lowest BCUT2D eigenvalue weighted by atomic mass is 10.0. The Hall–Kier alpha value is -1.19. The molecule has 0 spiro atoms. The van der Waals surface area contributed by atoms with E-state index in [4.69, 9.17) is 5.73 Å². The third-order valence-corrected chi connectivity index (χ3v) is 5.13. The summed E-state index contributed by atoms with van der Waals surface area (Å²) in [6.07, 6.45) is 6.15. The molecule has 3 heteroatoms. The fraction of sp³-hybridized carbons (Fsp3) is 0.375. The molecule has 19 heavy (non-hydrogen) atoms. The maximum atomic E-state index is 13.8. The molecule has 0 bridgehead atoms. The number of aryl methyl sites for hydroxylation is 2. The van der Waals surface area contributed by atoms with Crippen molar-refractivity contribution in [2.75, 3.05) is 0 Å². The third kappa shape index (κ3) is 2.58. The van der Waals surface area contributed by atoms with Crippen molar-refractivity contribution < 1.29 is 4.39 Å². The van der Waals surface area contributed by atoms with E-state index in [1.54, 1.807) is 23.5 Å². The van der Waals surface area contributed by atoms with Crippen LogP contribution in [0.2, 0.25) is 0 Å². The number of hydrogen-bond acceptors (Lipinski definition) is 2. The number of hydrogen-bond donors (Lipinski definition) is 1. The summed E-state index contributed by atoms with van der Waals surface area (Å²) in [5, 5.41) is 0. The number of halogens is 1. The van der Waals surface area contributed by atoms with Crippen LogP contribution in [0.5, 0.6) is 0 Å². The number of nitrogens with two attached hydrogens (primary N) is 1. The van der Waals surface area contributed by atoms with Gasteiger partial charge >= 0.3 is 0 Å². The first kappa shape index (κ1) is 12.8. The van der Waals surface area contributed by atoms with Crippen LogP contribution in [-0.4, -0.2) is 0 Å². The molecule has 2 N–H and O–H groups in total. The first-order valence-corrected chi connectivity index (χ1v) is 7.69. The molecule has 0 amide bonds. The zero-order valence-corrected chi connectivity index (χ0v) is 11.7. The van der Waals surface area contributed by atoms with Gasteiger partial charge in [-0.15, -0.1) is 11.3 Å². The van der Waals surface area contributed by atoms with Gasteiger partial charge in [0.2, 0.25) is 0 Å². The maximum Gasteiger partial charge on any atom is 0.128 e. The van der Waals surface area contributed by atoms with E-state index in [0.29, 0.717) is 5.56 Å². The average Bonchev–Trinajstić information content (AvgIpc) is 2.70. The van der Waals surface area contributed by atoms with E-state index < -0.39 is 0 Å². The van der Waals surface area contributed by atoms with Gasteiger partial charge in [0, 0.05) is 15.3 Å². The van der Waals surface area contributed by atoms with Crippen LogP contribution in [0.3, 0.4) is 0 Å². The first-order valence-electron chi connectivity index (χ1n) is 6.87. The highest BCUT2D eigenvalue weighted by atomic mass is 32.1. The van der Waals surface area contributed by atoms with Gasteiger partial charge in [-0.25, -0.2) is 4.39 Å². The Balaban J connectivity index is 1.92. The van der Waals surface area contributed by atoms with Crippen molar-refractivity contribution in [2.24, 2.45) is 5.73 Å². The summed E-state index contributed by atoms with van der Waals surface area (Å²) >= 11 is 1.77. The molecular weight excluding hydrogens is 257 g/mol. The fourth-order valence-electron chi connectivity index (χ4n) is 2.72. The van der Waals surface area contributed by atoms with Crippen molar-refractivity contribution in [2.45, 2.75) is 38.1 Å². The molecule has 1 aliphatic rings. The highest BCUT2D eigenvalue weighted by molar-refractivity contribution is 7.12. The van der Waals surface area contributed by atoms with Gasteiger partial charge in [0.1, 0.15) is 5.82 Å². The van der Waals surface area contributed by atoms with Gasteiger partial charge in [-0.05, 0) is 43.4 Å². The normalized spacial score (nSPS) is 16.7. The summed E-state index contributed by atoms with van der Waals surface area (Å²) in [6, 6.07) is 8.67. The minimum absolute atomic E-state index is 0.210. The average molecular weight is 275 g/mol. The second-order valence-electron chi connectivity index (χ2n) is 5.16. The van der Waals surface area contributed by atoms with Crippen molar-refractivity contribution in [3.63, 3.8) is 0 Å². The van der Waals surface area contributed by atoms with Gasteiger partial charge in [-0.3, -0.25) is 0 Å². The smallest absolute Gasteiger partial charge is 0.128 e. The molecule has 2 aromatic rings. The summed E-state index contributed by atoms with van der Waals surface area (Å²) in [6.45, 7) is 0. The van der Waals surface area contributed by atoms with Gasteiger partial charge in [0.15, 0.2) is 0 Å². The second-order valence-corrected chi connectivity index (χ2v) is 6.33. The molecule has 0 fully saturated rings. The molecule has 0 saturated heterocycles. The molecule has 1 aromatic heterocycles. The molecule has 1 nitrogen and oxygen atoms in total. The van der Waals surface area contributed by atoms with E-state index in [0.717, 1.165) is 17.7 Å². The van der Waals surface area contributed by atoms with Crippen molar-refractivity contribution in [1.29, 1.82) is 0 Å². The molecule has 0 saturated carbocycles. The predicted octanol–water partition coefficient (Wildman–Crippen LogP) is 4.20. The second kappa shape index (κ2) is 5.43. The minimum Gasteiger partial charge on any atom is -0.320 e. The Labute approximate surface area is 117 Å². The lowest BCUT2D eigenvalue weighted by molar-refractivity contribution is 0.601. The van der Waals surface area contributed by atoms with Gasteiger partial charge in [-0.1, -0.05) is 24.6 Å². The van der Waals surface area contributed by atoms with Gasteiger partial charge in [0.05, 0.1) is 6.04 Å². The topological polar surface area (TPSA) is 26.0 Å². The van der Waals surface area contributed by atoms with Crippen molar-refractivity contribution >= 4 is 11.3 Å². The standard InChI is InChI=1S/C16H18FNS/c17-13-8-5-4-7-12(13)16(18)15-10-11-6-2-1-3-9-14(11)19-15/h4-5,7-8,10,16H,1-3,6,9,18H2. The molecule has 3 rings (SSSR count). The molecule has 100 valence electrons. The van der Waals surface area contributed by atoms with Crippen LogP contribution in [0.4, 0.5) is 4.39 Å². The zero-order valence-electron chi connectivity index (χ0n) is 10.9. The molecule has 1 unspecified atom stereocenters. The summed E-state index contributed by atoms with van der Waals surface area (Å²) in [4.78, 5) is 2.55. The first-order chi connectivity index (χ1) is 9.25. The molecule has 1 aliphatic carbocycles. The van der Waals surface area contributed by atoms with Crippen molar-refractivity contribution in [3.05, 3.63) is 57.0 Å². The zero-order chi connectivity index (χ0) is 13.2. The van der Waals surface area contributed by atoms with E-state index in [1.165, 1.54) is 35.8 Å². The number of benzene rings is 1. The van der Waals surface area contributed by atoms with Crippen LogP contribution < -0.4 is 5.73 Å². The Morgan fingerprint density at radius 2 is 1.89 bits per heavy atom. The highest BCUT2D eigenvalue weighted by Gasteiger charge is 2.19. The Morgan fingerprint density at radius 1 is 1.11 bits per heavy atom. The van der Waals surface area contributed by atoms with Gasteiger partial charge in [0.25, 0.3) is 0 Å². The largest absolute Gasteiger partial charge is 0.320 e. The summed E-state index contributed by atoms with van der Waals surface area (Å²) in [7, 11) is 0. The van der Waals surface area contributed by atoms with Crippen LogP contribution in [0.1, 0.15) is 46.2 Å².